The van der Waals surface area contributed by atoms with Crippen LogP contribution < -0.4 is 4.90 Å². The van der Waals surface area contributed by atoms with E-state index in [-0.39, 0.29) is 5.88 Å². The Morgan fingerprint density at radius 1 is 1.06 bits per heavy atom. The number of aromatic nitrogens is 4. The molecule has 184 valence electrons. The fraction of sp³-hybridized carbons (Fsp3) is 0.435. The molecule has 4 aromatic rings. The summed E-state index contributed by atoms with van der Waals surface area (Å²) in [5.74, 6) is 1.78. The van der Waals surface area contributed by atoms with Crippen molar-refractivity contribution in [2.75, 3.05) is 63.3 Å². The van der Waals surface area contributed by atoms with Gasteiger partial charge in [-0.1, -0.05) is 12.1 Å². The van der Waals surface area contributed by atoms with Gasteiger partial charge in [-0.05, 0) is 23.2 Å². The third-order valence-electron chi connectivity index (χ3n) is 6.59. The van der Waals surface area contributed by atoms with Gasteiger partial charge in [-0.2, -0.15) is 5.10 Å². The Morgan fingerprint density at radius 3 is 2.66 bits per heavy atom. The molecule has 35 heavy (non-hydrogen) atoms. The summed E-state index contributed by atoms with van der Waals surface area (Å²) >= 11 is -0.317. The number of nitrogens with one attached hydrogen (secondary N) is 1. The summed E-state index contributed by atoms with van der Waals surface area (Å²) in [7, 11) is 0. The van der Waals surface area contributed by atoms with Crippen LogP contribution in [0.1, 0.15) is 4.88 Å². The largest absolute Gasteiger partial charge is 0.771 e. The first kappa shape index (κ1) is 23.0. The van der Waals surface area contributed by atoms with Crippen LogP contribution in [0.5, 0.6) is 0 Å². The molecule has 3 aromatic heterocycles. The van der Waals surface area contributed by atoms with Gasteiger partial charge in [0.1, 0.15) is 10.6 Å². The fourth-order valence-electron chi connectivity index (χ4n) is 4.78. The van der Waals surface area contributed by atoms with Crippen LogP contribution >= 0.6 is 11.3 Å². The first-order valence-corrected chi connectivity index (χ1v) is 13.8. The number of fused-ring (bicyclic) bond motifs is 2. The van der Waals surface area contributed by atoms with Crippen molar-refractivity contribution in [2.24, 2.45) is 0 Å². The Kier molecular flexibility index (Phi) is 6.48. The van der Waals surface area contributed by atoms with Crippen molar-refractivity contribution in [3.05, 3.63) is 35.3 Å². The molecule has 1 aromatic carbocycles. The number of benzene rings is 1. The van der Waals surface area contributed by atoms with Gasteiger partial charge in [0.15, 0.2) is 5.82 Å². The van der Waals surface area contributed by atoms with Crippen molar-refractivity contribution < 1.29 is 13.5 Å². The highest BCUT2D eigenvalue weighted by atomic mass is 32.2. The second-order valence-electron chi connectivity index (χ2n) is 8.87. The first-order valence-electron chi connectivity index (χ1n) is 11.7. The van der Waals surface area contributed by atoms with Crippen LogP contribution in [0.15, 0.2) is 30.5 Å². The van der Waals surface area contributed by atoms with Crippen LogP contribution in [0.3, 0.4) is 0 Å². The second-order valence-corrected chi connectivity index (χ2v) is 10.8. The molecule has 12 heteroatoms. The molecular weight excluding hydrogens is 486 g/mol. The summed E-state index contributed by atoms with van der Waals surface area (Å²) in [5.41, 5.74) is 1.93. The number of hydrogen-bond donors (Lipinski definition) is 1. The van der Waals surface area contributed by atoms with Gasteiger partial charge < -0.3 is 14.2 Å². The molecule has 2 saturated heterocycles. The predicted octanol–water partition coefficient (Wildman–Crippen LogP) is 2.03. The topological polar surface area (TPSA) is 114 Å². The Labute approximate surface area is 209 Å². The highest BCUT2D eigenvalue weighted by Gasteiger charge is 2.22. The molecule has 0 saturated carbocycles. The van der Waals surface area contributed by atoms with Gasteiger partial charge in [-0.15, -0.1) is 11.3 Å². The van der Waals surface area contributed by atoms with Gasteiger partial charge >= 0.3 is 0 Å². The minimum Gasteiger partial charge on any atom is -0.771 e. The molecule has 0 amide bonds. The van der Waals surface area contributed by atoms with Gasteiger partial charge in [0.05, 0.1) is 36.2 Å². The van der Waals surface area contributed by atoms with Crippen molar-refractivity contribution in [2.45, 2.75) is 6.54 Å². The summed E-state index contributed by atoms with van der Waals surface area (Å²) in [6.45, 7) is 7.02. The van der Waals surface area contributed by atoms with Gasteiger partial charge in [-0.3, -0.25) is 19.1 Å². The maximum atomic E-state index is 11.0. The molecule has 0 spiro atoms. The van der Waals surface area contributed by atoms with E-state index < -0.39 is 11.1 Å². The zero-order chi connectivity index (χ0) is 23.8. The molecule has 2 aliphatic heterocycles. The van der Waals surface area contributed by atoms with E-state index in [1.165, 1.54) is 4.88 Å². The number of thiophene rings is 1. The second kappa shape index (κ2) is 9.88. The van der Waals surface area contributed by atoms with Crippen LogP contribution in [0.2, 0.25) is 0 Å². The van der Waals surface area contributed by atoms with Gasteiger partial charge in [0.25, 0.3) is 0 Å². The van der Waals surface area contributed by atoms with E-state index in [0.717, 1.165) is 78.3 Å². The average molecular weight is 513 g/mol. The molecule has 1 atom stereocenters. The summed E-state index contributed by atoms with van der Waals surface area (Å²) in [5, 5.41) is 9.33. The molecule has 2 aliphatic rings. The summed E-state index contributed by atoms with van der Waals surface area (Å²) in [6.07, 6.45) is 1.83. The van der Waals surface area contributed by atoms with Gasteiger partial charge in [0, 0.05) is 61.6 Å². The molecule has 0 bridgehead atoms. The number of piperazine rings is 1. The lowest BCUT2D eigenvalue weighted by Crippen LogP contribution is -2.46. The van der Waals surface area contributed by atoms with E-state index in [1.54, 1.807) is 11.3 Å². The zero-order valence-electron chi connectivity index (χ0n) is 19.2. The van der Waals surface area contributed by atoms with E-state index in [0.29, 0.717) is 19.0 Å². The number of morpholine rings is 1. The monoisotopic (exact) mass is 512 g/mol. The summed E-state index contributed by atoms with van der Waals surface area (Å²) in [4.78, 5) is 18.9. The summed E-state index contributed by atoms with van der Waals surface area (Å²) in [6, 6.07) is 8.28. The van der Waals surface area contributed by atoms with E-state index in [9.17, 15) is 8.76 Å². The smallest absolute Gasteiger partial charge is 0.163 e. The molecule has 0 radical (unpaired) electrons. The number of ether oxygens (including phenoxy) is 1. The maximum absolute atomic E-state index is 11.0. The number of H-pyrrole nitrogens is 1. The first-order chi connectivity index (χ1) is 17.1. The van der Waals surface area contributed by atoms with Crippen molar-refractivity contribution in [1.29, 1.82) is 0 Å². The minimum atomic E-state index is -2.03. The normalized spacial score (nSPS) is 19.1. The summed E-state index contributed by atoms with van der Waals surface area (Å²) < 4.78 is 27.6. The van der Waals surface area contributed by atoms with E-state index in [1.807, 2.05) is 29.3 Å². The standard InChI is InChI=1S/C23H27N7O3S2/c31-35(32)15-29-6-4-28(5-7-29)14-16-12-18-22(30-8-10-33-11-9-30)25-21(26-23(18)34-16)17-2-1-3-20-19(17)13-24-27-20/h1-3,12-13H,4-11,14-15H2,(H,24,27)(H,31,32)/p-1. The highest BCUT2D eigenvalue weighted by molar-refractivity contribution is 7.79. The minimum absolute atomic E-state index is 0.113. The third kappa shape index (κ3) is 4.82. The Hall–Kier alpha value is -2.48. The van der Waals surface area contributed by atoms with Gasteiger partial charge in [0.2, 0.25) is 0 Å². The average Bonchev–Trinajstić information content (AvgIpc) is 3.51. The number of nitrogens with zero attached hydrogens (tertiary/aromatic N) is 6. The van der Waals surface area contributed by atoms with E-state index in [2.05, 4.69) is 26.1 Å². The predicted molar refractivity (Wildman–Crippen MR) is 136 cm³/mol. The van der Waals surface area contributed by atoms with Crippen molar-refractivity contribution >= 4 is 49.4 Å². The fourth-order valence-corrected chi connectivity index (χ4v) is 6.40. The van der Waals surface area contributed by atoms with E-state index >= 15 is 0 Å². The highest BCUT2D eigenvalue weighted by Crippen LogP contribution is 2.35. The quantitative estimate of drug-likeness (QED) is 0.388. The molecular formula is C23H26N7O3S2-. The Balaban J connectivity index is 1.33. The van der Waals surface area contributed by atoms with Crippen LogP contribution in [0.4, 0.5) is 5.82 Å². The number of hydrogen-bond acceptors (Lipinski definition) is 10. The Morgan fingerprint density at radius 2 is 1.86 bits per heavy atom. The van der Waals surface area contributed by atoms with Crippen LogP contribution in [-0.4, -0.2) is 97.1 Å². The molecule has 1 N–H and O–H groups in total. The van der Waals surface area contributed by atoms with Crippen LogP contribution in [-0.2, 0) is 22.4 Å². The number of aromatic amines is 1. The third-order valence-corrected chi connectivity index (χ3v) is 8.18. The Bertz CT molecular complexity index is 1360. The van der Waals surface area contributed by atoms with Gasteiger partial charge in [-0.25, -0.2) is 9.97 Å². The lowest BCUT2D eigenvalue weighted by molar-refractivity contribution is 0.122. The van der Waals surface area contributed by atoms with Crippen molar-refractivity contribution in [3.63, 3.8) is 0 Å². The van der Waals surface area contributed by atoms with Crippen molar-refractivity contribution in [1.82, 2.24) is 30.0 Å². The SMILES string of the molecule is O=S([O-])CN1CCN(Cc2cc3c(N4CCOCC4)nc(-c4cccc5[nH]ncc45)nc3s2)CC1. The molecule has 0 aliphatic carbocycles. The van der Waals surface area contributed by atoms with Crippen LogP contribution in [0, 0.1) is 0 Å². The lowest BCUT2D eigenvalue weighted by atomic mass is 10.1. The number of anilines is 1. The molecule has 1 unspecified atom stereocenters. The zero-order valence-corrected chi connectivity index (χ0v) is 20.8. The molecule has 5 heterocycles. The molecule has 10 nitrogen and oxygen atoms in total. The lowest BCUT2D eigenvalue weighted by Gasteiger charge is -2.34. The number of rotatable bonds is 6. The molecule has 2 fully saturated rings. The maximum Gasteiger partial charge on any atom is 0.163 e. The molecule has 6 rings (SSSR count). The van der Waals surface area contributed by atoms with Crippen LogP contribution in [0.25, 0.3) is 32.5 Å². The van der Waals surface area contributed by atoms with E-state index in [4.69, 9.17) is 14.7 Å². The van der Waals surface area contributed by atoms with Crippen molar-refractivity contribution in [3.8, 4) is 11.4 Å².